The highest BCUT2D eigenvalue weighted by atomic mass is 32.1. The maximum absolute atomic E-state index is 12.8. The topological polar surface area (TPSA) is 50.7 Å². The summed E-state index contributed by atoms with van der Waals surface area (Å²) < 4.78 is 5.37. The van der Waals surface area contributed by atoms with Crippen LogP contribution in [0.5, 0.6) is 0 Å². The van der Waals surface area contributed by atoms with E-state index in [9.17, 15) is 4.79 Å². The fourth-order valence-electron chi connectivity index (χ4n) is 3.90. The quantitative estimate of drug-likeness (QED) is 0.586. The van der Waals surface area contributed by atoms with Gasteiger partial charge in [0, 0.05) is 22.2 Å². The van der Waals surface area contributed by atoms with Crippen molar-refractivity contribution in [3.8, 4) is 0 Å². The zero-order chi connectivity index (χ0) is 19.8. The molecule has 1 aliphatic heterocycles. The van der Waals surface area contributed by atoms with Crippen molar-refractivity contribution in [3.05, 3.63) is 51.4 Å². The van der Waals surface area contributed by atoms with Gasteiger partial charge >= 0.3 is 5.97 Å². The number of benzene rings is 1. The molecule has 0 spiro atoms. The first-order valence-corrected chi connectivity index (χ1v) is 10.2. The summed E-state index contributed by atoms with van der Waals surface area (Å²) in [5.41, 5.74) is 3.58. The number of ether oxygens (including phenoxy) is 1. The first-order chi connectivity index (χ1) is 12.6. The average molecular weight is 385 g/mol. The highest BCUT2D eigenvalue weighted by Crippen LogP contribution is 2.46. The Morgan fingerprint density at radius 3 is 2.74 bits per heavy atom. The molecule has 5 heteroatoms. The van der Waals surface area contributed by atoms with Gasteiger partial charge in [0.25, 0.3) is 0 Å². The molecule has 1 N–H and O–H groups in total. The van der Waals surface area contributed by atoms with Crippen LogP contribution in [-0.2, 0) is 16.7 Å². The molecule has 3 rings (SSSR count). The molecule has 27 heavy (non-hydrogen) atoms. The SMILES string of the molecule is CCOC(=O)c1c(N=Cc2cccc(C)c2)sc2c1CC(C)(C)NC2(C)C. The Bertz CT molecular complexity index is 894. The maximum atomic E-state index is 12.8. The van der Waals surface area contributed by atoms with E-state index in [1.54, 1.807) is 11.3 Å². The number of aryl methyl sites for hydroxylation is 1. The molecule has 2 aromatic rings. The number of aliphatic imine (C=N–C) groups is 1. The number of nitrogens with zero attached hydrogens (tertiary/aromatic N) is 1. The smallest absolute Gasteiger partial charge is 0.341 e. The van der Waals surface area contributed by atoms with Gasteiger partial charge in [0.15, 0.2) is 0 Å². The number of nitrogens with one attached hydrogen (secondary N) is 1. The number of thiophene rings is 1. The lowest BCUT2D eigenvalue weighted by atomic mass is 9.81. The molecular weight excluding hydrogens is 356 g/mol. The fraction of sp³-hybridized carbons (Fsp3) is 0.455. The normalized spacial score (nSPS) is 17.7. The minimum absolute atomic E-state index is 0.101. The Hall–Kier alpha value is -1.98. The van der Waals surface area contributed by atoms with Crippen LogP contribution in [0.25, 0.3) is 0 Å². The van der Waals surface area contributed by atoms with Crippen molar-refractivity contribution in [1.29, 1.82) is 0 Å². The molecule has 1 aliphatic rings. The second-order valence-corrected chi connectivity index (χ2v) is 9.29. The van der Waals surface area contributed by atoms with Gasteiger partial charge in [0.1, 0.15) is 5.00 Å². The van der Waals surface area contributed by atoms with Gasteiger partial charge in [-0.3, -0.25) is 0 Å². The van der Waals surface area contributed by atoms with Gasteiger partial charge in [0.05, 0.1) is 12.2 Å². The van der Waals surface area contributed by atoms with E-state index in [1.165, 1.54) is 10.4 Å². The van der Waals surface area contributed by atoms with Crippen molar-refractivity contribution < 1.29 is 9.53 Å². The standard InChI is InChI=1S/C22H28N2O2S/c1-7-26-20(25)17-16-12-21(3,4)24-22(5,6)18(16)27-19(17)23-13-15-10-8-9-14(2)11-15/h8-11,13,24H,7,12H2,1-6H3. The van der Waals surface area contributed by atoms with Crippen LogP contribution < -0.4 is 5.32 Å². The van der Waals surface area contributed by atoms with Crippen LogP contribution in [-0.4, -0.2) is 24.3 Å². The van der Waals surface area contributed by atoms with Crippen molar-refractivity contribution in [3.63, 3.8) is 0 Å². The van der Waals surface area contributed by atoms with Crippen molar-refractivity contribution >= 4 is 28.5 Å². The number of rotatable bonds is 4. The molecule has 2 heterocycles. The monoisotopic (exact) mass is 384 g/mol. The Kier molecular flexibility index (Phi) is 5.28. The number of carbonyl (C=O) groups is 1. The molecule has 1 aromatic heterocycles. The van der Waals surface area contributed by atoms with Crippen LogP contribution in [0.2, 0.25) is 0 Å². The van der Waals surface area contributed by atoms with Gasteiger partial charge < -0.3 is 10.1 Å². The lowest BCUT2D eigenvalue weighted by molar-refractivity contribution is 0.0525. The van der Waals surface area contributed by atoms with E-state index in [4.69, 9.17) is 9.73 Å². The summed E-state index contributed by atoms with van der Waals surface area (Å²) >= 11 is 1.59. The number of hydrogen-bond donors (Lipinski definition) is 1. The van der Waals surface area contributed by atoms with E-state index < -0.39 is 0 Å². The largest absolute Gasteiger partial charge is 0.462 e. The van der Waals surface area contributed by atoms with Crippen LogP contribution in [0.4, 0.5) is 5.00 Å². The summed E-state index contributed by atoms with van der Waals surface area (Å²) in [4.78, 5) is 18.6. The van der Waals surface area contributed by atoms with E-state index >= 15 is 0 Å². The Balaban J connectivity index is 2.11. The fourth-order valence-corrected chi connectivity index (χ4v) is 5.11. The zero-order valence-corrected chi connectivity index (χ0v) is 17.8. The third-order valence-electron chi connectivity index (χ3n) is 4.68. The van der Waals surface area contributed by atoms with E-state index in [0.29, 0.717) is 12.2 Å². The van der Waals surface area contributed by atoms with Crippen LogP contribution in [0.1, 0.15) is 66.5 Å². The summed E-state index contributed by atoms with van der Waals surface area (Å²) in [5, 5.41) is 4.42. The number of fused-ring (bicyclic) bond motifs is 1. The van der Waals surface area contributed by atoms with Crippen LogP contribution in [0.15, 0.2) is 29.3 Å². The van der Waals surface area contributed by atoms with Crippen molar-refractivity contribution in [2.45, 2.75) is 59.0 Å². The second kappa shape index (κ2) is 7.21. The van der Waals surface area contributed by atoms with E-state index in [2.05, 4.69) is 52.1 Å². The number of carbonyl (C=O) groups excluding carboxylic acids is 1. The third-order valence-corrected chi connectivity index (χ3v) is 6.14. The minimum atomic E-state index is -0.278. The molecule has 0 fully saturated rings. The van der Waals surface area contributed by atoms with Crippen LogP contribution >= 0.6 is 11.3 Å². The van der Waals surface area contributed by atoms with Crippen molar-refractivity contribution in [2.24, 2.45) is 4.99 Å². The predicted octanol–water partition coefficient (Wildman–Crippen LogP) is 5.14. The Morgan fingerprint density at radius 1 is 1.33 bits per heavy atom. The third kappa shape index (κ3) is 4.14. The molecule has 4 nitrogen and oxygen atoms in total. The predicted molar refractivity (Wildman–Crippen MR) is 113 cm³/mol. The van der Waals surface area contributed by atoms with E-state index in [-0.39, 0.29) is 17.0 Å². The van der Waals surface area contributed by atoms with Gasteiger partial charge in [-0.1, -0.05) is 29.8 Å². The molecule has 1 aromatic carbocycles. The summed E-state index contributed by atoms with van der Waals surface area (Å²) in [6, 6.07) is 8.16. The van der Waals surface area contributed by atoms with Crippen LogP contribution in [0, 0.1) is 6.92 Å². The second-order valence-electron chi connectivity index (χ2n) is 8.29. The van der Waals surface area contributed by atoms with Gasteiger partial charge in [-0.2, -0.15) is 0 Å². The molecule has 0 amide bonds. The Labute approximate surface area is 165 Å². The first kappa shape index (κ1) is 19.8. The van der Waals surface area contributed by atoms with Gasteiger partial charge in [0.2, 0.25) is 0 Å². The minimum Gasteiger partial charge on any atom is -0.462 e. The summed E-state index contributed by atoms with van der Waals surface area (Å²) in [6.07, 6.45) is 2.61. The van der Waals surface area contributed by atoms with Gasteiger partial charge in [-0.15, -0.1) is 11.3 Å². The molecule has 0 saturated heterocycles. The summed E-state index contributed by atoms with van der Waals surface area (Å²) in [7, 11) is 0. The van der Waals surface area contributed by atoms with Crippen LogP contribution in [0.3, 0.4) is 0 Å². The molecule has 0 unspecified atom stereocenters. The Morgan fingerprint density at radius 2 is 2.07 bits per heavy atom. The molecular formula is C22H28N2O2S. The summed E-state index contributed by atoms with van der Waals surface area (Å²) in [5.74, 6) is -0.278. The molecule has 144 valence electrons. The highest BCUT2D eigenvalue weighted by molar-refractivity contribution is 7.16. The number of esters is 1. The zero-order valence-electron chi connectivity index (χ0n) is 17.0. The lowest BCUT2D eigenvalue weighted by Gasteiger charge is -2.42. The molecule has 0 radical (unpaired) electrons. The highest BCUT2D eigenvalue weighted by Gasteiger charge is 2.41. The molecule has 0 aliphatic carbocycles. The van der Waals surface area contributed by atoms with Crippen molar-refractivity contribution in [2.75, 3.05) is 6.61 Å². The molecule has 0 saturated carbocycles. The van der Waals surface area contributed by atoms with E-state index in [1.807, 2.05) is 25.3 Å². The molecule has 0 bridgehead atoms. The van der Waals surface area contributed by atoms with Gasteiger partial charge in [-0.05, 0) is 59.1 Å². The first-order valence-electron chi connectivity index (χ1n) is 9.36. The molecule has 0 atom stereocenters. The summed E-state index contributed by atoms with van der Waals surface area (Å²) in [6.45, 7) is 12.9. The maximum Gasteiger partial charge on any atom is 0.341 e. The average Bonchev–Trinajstić information content (AvgIpc) is 2.90. The van der Waals surface area contributed by atoms with Crippen molar-refractivity contribution in [1.82, 2.24) is 5.32 Å². The number of hydrogen-bond acceptors (Lipinski definition) is 5. The lowest BCUT2D eigenvalue weighted by Crippen LogP contribution is -2.55. The van der Waals surface area contributed by atoms with E-state index in [0.717, 1.165) is 22.5 Å². The van der Waals surface area contributed by atoms with Gasteiger partial charge in [-0.25, -0.2) is 9.79 Å².